The topological polar surface area (TPSA) is 84.5 Å². The third-order valence-corrected chi connectivity index (χ3v) is 5.51. The van der Waals surface area contributed by atoms with Gasteiger partial charge in [0.1, 0.15) is 12.4 Å². The van der Waals surface area contributed by atoms with Crippen LogP contribution in [-0.2, 0) is 10.0 Å². The van der Waals surface area contributed by atoms with E-state index in [1.54, 1.807) is 36.4 Å². The Hall–Kier alpha value is -3.32. The lowest BCUT2D eigenvalue weighted by molar-refractivity contribution is 0.0947. The lowest BCUT2D eigenvalue weighted by atomic mass is 10.2. The lowest BCUT2D eigenvalue weighted by Crippen LogP contribution is -2.28. The number of anilines is 1. The highest BCUT2D eigenvalue weighted by atomic mass is 32.2. The van der Waals surface area contributed by atoms with E-state index in [0.717, 1.165) is 11.3 Å². The standard InChI is InChI=1S/C22H22N2O4S/c1-17-10-12-20(13-11-17)28-15-14-23-22(25)18-6-5-7-19(16-18)24-29(26,27)21-8-3-2-4-9-21/h2-13,16,24H,14-15H2,1H3,(H,23,25). The molecule has 0 aliphatic carbocycles. The monoisotopic (exact) mass is 410 g/mol. The third kappa shape index (κ3) is 5.83. The van der Waals surface area contributed by atoms with E-state index in [0.29, 0.717) is 24.4 Å². The van der Waals surface area contributed by atoms with Crippen LogP contribution >= 0.6 is 0 Å². The molecule has 2 N–H and O–H groups in total. The van der Waals surface area contributed by atoms with Crippen molar-refractivity contribution in [1.82, 2.24) is 5.32 Å². The van der Waals surface area contributed by atoms with Crippen LogP contribution in [0.3, 0.4) is 0 Å². The van der Waals surface area contributed by atoms with E-state index >= 15 is 0 Å². The van der Waals surface area contributed by atoms with Gasteiger partial charge in [0.05, 0.1) is 11.4 Å². The first kappa shape index (κ1) is 20.4. The summed E-state index contributed by atoms with van der Waals surface area (Å²) in [7, 11) is -3.71. The number of amides is 1. The van der Waals surface area contributed by atoms with Gasteiger partial charge in [-0.1, -0.05) is 42.0 Å². The molecule has 0 aliphatic heterocycles. The Labute approximate surface area is 170 Å². The molecule has 3 aromatic carbocycles. The number of hydrogen-bond acceptors (Lipinski definition) is 4. The molecule has 0 radical (unpaired) electrons. The van der Waals surface area contributed by atoms with E-state index < -0.39 is 10.0 Å². The number of benzene rings is 3. The molecule has 0 spiro atoms. The number of ether oxygens (including phenoxy) is 1. The Morgan fingerprint density at radius 2 is 1.66 bits per heavy atom. The van der Waals surface area contributed by atoms with Gasteiger partial charge in [0.15, 0.2) is 0 Å². The molecule has 0 fully saturated rings. The molecule has 150 valence electrons. The Morgan fingerprint density at radius 3 is 2.38 bits per heavy atom. The highest BCUT2D eigenvalue weighted by Crippen LogP contribution is 2.17. The summed E-state index contributed by atoms with van der Waals surface area (Å²) in [6.45, 7) is 2.65. The summed E-state index contributed by atoms with van der Waals surface area (Å²) in [5.74, 6) is 0.431. The van der Waals surface area contributed by atoms with E-state index in [9.17, 15) is 13.2 Å². The van der Waals surface area contributed by atoms with E-state index in [1.165, 1.54) is 18.2 Å². The van der Waals surface area contributed by atoms with Crippen molar-refractivity contribution in [3.8, 4) is 5.75 Å². The summed E-state index contributed by atoms with van der Waals surface area (Å²) < 4.78 is 32.9. The smallest absolute Gasteiger partial charge is 0.261 e. The van der Waals surface area contributed by atoms with Crippen molar-refractivity contribution in [3.05, 3.63) is 90.0 Å². The predicted molar refractivity (Wildman–Crippen MR) is 113 cm³/mol. The highest BCUT2D eigenvalue weighted by molar-refractivity contribution is 7.92. The van der Waals surface area contributed by atoms with Gasteiger partial charge in [-0.2, -0.15) is 0 Å². The number of carbonyl (C=O) groups is 1. The molecule has 6 nitrogen and oxygen atoms in total. The summed E-state index contributed by atoms with van der Waals surface area (Å²) in [6, 6.07) is 22.1. The van der Waals surface area contributed by atoms with Crippen molar-refractivity contribution in [2.75, 3.05) is 17.9 Å². The largest absolute Gasteiger partial charge is 0.492 e. The second kappa shape index (κ2) is 9.25. The van der Waals surface area contributed by atoms with Crippen LogP contribution in [0.5, 0.6) is 5.75 Å². The zero-order chi connectivity index (χ0) is 20.7. The quantitative estimate of drug-likeness (QED) is 0.556. The van der Waals surface area contributed by atoms with Gasteiger partial charge < -0.3 is 10.1 Å². The minimum absolute atomic E-state index is 0.156. The Morgan fingerprint density at radius 1 is 0.931 bits per heavy atom. The summed E-state index contributed by atoms with van der Waals surface area (Å²) in [6.07, 6.45) is 0. The van der Waals surface area contributed by atoms with Crippen molar-refractivity contribution in [1.29, 1.82) is 0 Å². The SMILES string of the molecule is Cc1ccc(OCCNC(=O)c2cccc(NS(=O)(=O)c3ccccc3)c2)cc1. The van der Waals surface area contributed by atoms with Crippen molar-refractivity contribution in [2.24, 2.45) is 0 Å². The summed E-state index contributed by atoms with van der Waals surface area (Å²) in [4.78, 5) is 12.5. The van der Waals surface area contributed by atoms with Crippen LogP contribution in [0.1, 0.15) is 15.9 Å². The van der Waals surface area contributed by atoms with Crippen molar-refractivity contribution in [3.63, 3.8) is 0 Å². The summed E-state index contributed by atoms with van der Waals surface area (Å²) in [5.41, 5.74) is 1.82. The number of nitrogens with one attached hydrogen (secondary N) is 2. The Balaban J connectivity index is 1.56. The fourth-order valence-corrected chi connectivity index (χ4v) is 3.68. The van der Waals surface area contributed by atoms with Crippen LogP contribution in [0.4, 0.5) is 5.69 Å². The molecule has 0 saturated carbocycles. The zero-order valence-electron chi connectivity index (χ0n) is 16.0. The number of aryl methyl sites for hydroxylation is 1. The Bertz CT molecular complexity index is 1070. The first-order chi connectivity index (χ1) is 13.9. The highest BCUT2D eigenvalue weighted by Gasteiger charge is 2.14. The van der Waals surface area contributed by atoms with Crippen LogP contribution in [0, 0.1) is 6.92 Å². The van der Waals surface area contributed by atoms with E-state index in [-0.39, 0.29) is 10.8 Å². The van der Waals surface area contributed by atoms with Crippen LogP contribution in [0.25, 0.3) is 0 Å². The minimum Gasteiger partial charge on any atom is -0.492 e. The fourth-order valence-electron chi connectivity index (χ4n) is 2.61. The molecule has 0 aromatic heterocycles. The maximum atomic E-state index is 12.4. The molecule has 0 heterocycles. The molecule has 0 atom stereocenters. The molecule has 7 heteroatoms. The molecule has 29 heavy (non-hydrogen) atoms. The van der Waals surface area contributed by atoms with Gasteiger partial charge in [-0.25, -0.2) is 8.42 Å². The van der Waals surface area contributed by atoms with E-state index in [1.807, 2.05) is 31.2 Å². The van der Waals surface area contributed by atoms with Gasteiger partial charge in [-0.3, -0.25) is 9.52 Å². The van der Waals surface area contributed by atoms with Gasteiger partial charge in [-0.15, -0.1) is 0 Å². The van der Waals surface area contributed by atoms with Crippen LogP contribution in [-0.4, -0.2) is 27.5 Å². The van der Waals surface area contributed by atoms with Gasteiger partial charge in [-0.05, 0) is 49.4 Å². The van der Waals surface area contributed by atoms with Gasteiger partial charge in [0.2, 0.25) is 0 Å². The van der Waals surface area contributed by atoms with Crippen molar-refractivity contribution < 1.29 is 17.9 Å². The number of hydrogen-bond donors (Lipinski definition) is 2. The molecular formula is C22H22N2O4S. The maximum absolute atomic E-state index is 12.4. The lowest BCUT2D eigenvalue weighted by Gasteiger charge is -2.10. The van der Waals surface area contributed by atoms with Gasteiger partial charge >= 0.3 is 0 Å². The number of sulfonamides is 1. The van der Waals surface area contributed by atoms with Crippen molar-refractivity contribution >= 4 is 21.6 Å². The average Bonchev–Trinajstić information content (AvgIpc) is 2.73. The fraction of sp³-hybridized carbons (Fsp3) is 0.136. The number of carbonyl (C=O) groups excluding carboxylic acids is 1. The molecule has 3 rings (SSSR count). The van der Waals surface area contributed by atoms with E-state index in [4.69, 9.17) is 4.74 Å². The summed E-state index contributed by atoms with van der Waals surface area (Å²) in [5, 5.41) is 2.76. The molecular weight excluding hydrogens is 388 g/mol. The Kier molecular flexibility index (Phi) is 6.51. The summed E-state index contributed by atoms with van der Waals surface area (Å²) >= 11 is 0. The molecule has 0 aliphatic rings. The third-order valence-electron chi connectivity index (χ3n) is 4.11. The average molecular weight is 410 g/mol. The first-order valence-corrected chi connectivity index (χ1v) is 10.6. The molecule has 0 unspecified atom stereocenters. The van der Waals surface area contributed by atoms with Gasteiger partial charge in [0, 0.05) is 11.3 Å². The maximum Gasteiger partial charge on any atom is 0.261 e. The van der Waals surface area contributed by atoms with E-state index in [2.05, 4.69) is 10.0 Å². The normalized spacial score (nSPS) is 10.9. The van der Waals surface area contributed by atoms with Crippen LogP contribution < -0.4 is 14.8 Å². The molecule has 1 amide bonds. The predicted octanol–water partition coefficient (Wildman–Crippen LogP) is 3.60. The van der Waals surface area contributed by atoms with Gasteiger partial charge in [0.25, 0.3) is 15.9 Å². The number of rotatable bonds is 8. The second-order valence-corrected chi connectivity index (χ2v) is 8.10. The molecule has 0 bridgehead atoms. The van der Waals surface area contributed by atoms with Crippen LogP contribution in [0.2, 0.25) is 0 Å². The second-order valence-electron chi connectivity index (χ2n) is 6.42. The van der Waals surface area contributed by atoms with Crippen LogP contribution in [0.15, 0.2) is 83.8 Å². The first-order valence-electron chi connectivity index (χ1n) is 9.10. The molecule has 0 saturated heterocycles. The van der Waals surface area contributed by atoms with Crippen molar-refractivity contribution in [2.45, 2.75) is 11.8 Å². The minimum atomic E-state index is -3.71. The zero-order valence-corrected chi connectivity index (χ0v) is 16.8. The molecule has 3 aromatic rings.